The number of nitrogens with zero attached hydrogens (tertiary/aromatic N) is 1. The average molecular weight is 397 g/mol. The number of aryl methyl sites for hydroxylation is 2. The van der Waals surface area contributed by atoms with Crippen molar-refractivity contribution in [3.8, 4) is 0 Å². The van der Waals surface area contributed by atoms with E-state index in [9.17, 15) is 5.11 Å². The minimum Gasteiger partial charge on any atom is -0.382 e. The molecular formula is C16H15Br2NO. The molecule has 0 amide bonds. The summed E-state index contributed by atoms with van der Waals surface area (Å²) in [6.45, 7) is 2.15. The third-order valence-electron chi connectivity index (χ3n) is 3.91. The van der Waals surface area contributed by atoms with Crippen LogP contribution in [0.25, 0.3) is 0 Å². The van der Waals surface area contributed by atoms with Crippen LogP contribution in [0.1, 0.15) is 41.0 Å². The van der Waals surface area contributed by atoms with Crippen molar-refractivity contribution >= 4 is 31.9 Å². The van der Waals surface area contributed by atoms with Crippen molar-refractivity contribution in [2.75, 3.05) is 0 Å². The molecule has 2 nitrogen and oxygen atoms in total. The van der Waals surface area contributed by atoms with Crippen LogP contribution in [0.2, 0.25) is 0 Å². The quantitative estimate of drug-likeness (QED) is 0.777. The summed E-state index contributed by atoms with van der Waals surface area (Å²) in [7, 11) is 0. The van der Waals surface area contributed by atoms with Crippen LogP contribution in [-0.4, -0.2) is 10.1 Å². The van der Waals surface area contributed by atoms with Gasteiger partial charge in [0.2, 0.25) is 0 Å². The summed E-state index contributed by atoms with van der Waals surface area (Å²) in [4.78, 5) is 4.42. The maximum absolute atomic E-state index is 10.7. The Morgan fingerprint density at radius 3 is 2.85 bits per heavy atom. The Hall–Kier alpha value is -0.710. The molecule has 0 saturated heterocycles. The molecule has 0 fully saturated rings. The third-order valence-corrected chi connectivity index (χ3v) is 5.33. The number of fused-ring (bicyclic) bond motifs is 2. The van der Waals surface area contributed by atoms with Gasteiger partial charge in [0.05, 0.1) is 5.69 Å². The van der Waals surface area contributed by atoms with Gasteiger partial charge in [-0.15, -0.1) is 0 Å². The highest BCUT2D eigenvalue weighted by molar-refractivity contribution is 9.10. The van der Waals surface area contributed by atoms with Crippen LogP contribution < -0.4 is 0 Å². The predicted octanol–water partition coefficient (Wildman–Crippen LogP) is 4.35. The first kappa shape index (κ1) is 14.2. The van der Waals surface area contributed by atoms with E-state index in [4.69, 9.17) is 0 Å². The molecular weight excluding hydrogens is 382 g/mol. The van der Waals surface area contributed by atoms with Crippen molar-refractivity contribution in [1.82, 2.24) is 4.98 Å². The number of halogens is 2. The highest BCUT2D eigenvalue weighted by atomic mass is 79.9. The lowest BCUT2D eigenvalue weighted by molar-refractivity contribution is 0.214. The molecule has 1 heterocycles. The van der Waals surface area contributed by atoms with E-state index in [0.29, 0.717) is 0 Å². The van der Waals surface area contributed by atoms with E-state index < -0.39 is 6.10 Å². The number of benzene rings is 1. The van der Waals surface area contributed by atoms with Crippen LogP contribution in [0, 0.1) is 0 Å². The summed E-state index contributed by atoms with van der Waals surface area (Å²) in [5.74, 6) is 0. The molecule has 0 saturated carbocycles. The van der Waals surface area contributed by atoms with Gasteiger partial charge >= 0.3 is 0 Å². The van der Waals surface area contributed by atoms with Gasteiger partial charge in [0.25, 0.3) is 0 Å². The summed E-state index contributed by atoms with van der Waals surface area (Å²) in [6.07, 6.45) is 3.92. The zero-order valence-corrected chi connectivity index (χ0v) is 14.3. The molecule has 1 atom stereocenters. The molecule has 1 N–H and O–H groups in total. The van der Waals surface area contributed by atoms with Gasteiger partial charge in [-0.05, 0) is 63.5 Å². The minimum absolute atomic E-state index is 0.641. The Bertz CT molecular complexity index is 670. The highest BCUT2D eigenvalue weighted by Crippen LogP contribution is 2.37. The van der Waals surface area contributed by atoms with Crippen LogP contribution in [0.4, 0.5) is 0 Å². The summed E-state index contributed by atoms with van der Waals surface area (Å²) in [5.41, 5.74) is 5.38. The van der Waals surface area contributed by atoms with E-state index in [1.54, 1.807) is 6.20 Å². The van der Waals surface area contributed by atoms with Crippen molar-refractivity contribution in [1.29, 1.82) is 0 Å². The predicted molar refractivity (Wildman–Crippen MR) is 86.9 cm³/mol. The first-order valence-electron chi connectivity index (χ1n) is 6.74. The fraction of sp³-hybridized carbons (Fsp3) is 0.312. The monoisotopic (exact) mass is 395 g/mol. The van der Waals surface area contributed by atoms with Crippen molar-refractivity contribution in [3.63, 3.8) is 0 Å². The molecule has 1 aromatic carbocycles. The number of rotatable bonds is 1. The standard InChI is InChI=1S/C16H15Br2NO/c1-2-9-3-6-13-12(14(9)18)5-4-10-7-11(17)8-19-15(10)16(13)20/h3,6-8,16,20H,2,4-5H2,1H3. The lowest BCUT2D eigenvalue weighted by atomic mass is 9.97. The second-order valence-electron chi connectivity index (χ2n) is 5.06. The molecule has 0 bridgehead atoms. The molecule has 4 heteroatoms. The van der Waals surface area contributed by atoms with Gasteiger partial charge in [-0.1, -0.05) is 35.0 Å². The molecule has 1 unspecified atom stereocenters. The first-order chi connectivity index (χ1) is 9.61. The zero-order valence-electron chi connectivity index (χ0n) is 11.2. The van der Waals surface area contributed by atoms with Crippen molar-refractivity contribution in [2.45, 2.75) is 32.3 Å². The van der Waals surface area contributed by atoms with Gasteiger partial charge < -0.3 is 5.11 Å². The normalized spacial score (nSPS) is 17.3. The SMILES string of the molecule is CCc1ccc2c(c1Br)CCc1cc(Br)cnc1C2O. The number of hydrogen-bond donors (Lipinski definition) is 1. The van der Waals surface area contributed by atoms with Gasteiger partial charge in [-0.3, -0.25) is 4.98 Å². The van der Waals surface area contributed by atoms with Crippen LogP contribution in [0.15, 0.2) is 33.3 Å². The fourth-order valence-electron chi connectivity index (χ4n) is 2.81. The van der Waals surface area contributed by atoms with E-state index in [0.717, 1.165) is 45.0 Å². The number of aromatic nitrogens is 1. The maximum atomic E-state index is 10.7. The zero-order chi connectivity index (χ0) is 14.3. The summed E-state index contributed by atoms with van der Waals surface area (Å²) in [6, 6.07) is 6.20. The second-order valence-corrected chi connectivity index (χ2v) is 6.77. The Balaban J connectivity index is 2.16. The first-order valence-corrected chi connectivity index (χ1v) is 8.33. The lowest BCUT2D eigenvalue weighted by Crippen LogP contribution is -2.06. The van der Waals surface area contributed by atoms with E-state index in [2.05, 4.69) is 55.9 Å². The number of aliphatic hydroxyl groups excluding tert-OH is 1. The molecule has 3 rings (SSSR count). The molecule has 104 valence electrons. The molecule has 1 aliphatic rings. The molecule has 2 aromatic rings. The molecule has 0 spiro atoms. The van der Waals surface area contributed by atoms with Crippen LogP contribution in [0.3, 0.4) is 0 Å². The van der Waals surface area contributed by atoms with E-state index in [-0.39, 0.29) is 0 Å². The topological polar surface area (TPSA) is 33.1 Å². The minimum atomic E-state index is -0.641. The van der Waals surface area contributed by atoms with E-state index >= 15 is 0 Å². The molecule has 0 aliphatic heterocycles. The number of aliphatic hydroxyl groups is 1. The second kappa shape index (κ2) is 5.58. The van der Waals surface area contributed by atoms with E-state index in [1.165, 1.54) is 11.1 Å². The van der Waals surface area contributed by atoms with Crippen molar-refractivity contribution < 1.29 is 5.11 Å². The summed E-state index contributed by atoms with van der Waals surface area (Å²) >= 11 is 7.16. The largest absolute Gasteiger partial charge is 0.382 e. The average Bonchev–Trinajstić information content (AvgIpc) is 2.58. The Labute approximate surface area is 135 Å². The van der Waals surface area contributed by atoms with Gasteiger partial charge in [-0.2, -0.15) is 0 Å². The lowest BCUT2D eigenvalue weighted by Gasteiger charge is -2.16. The Morgan fingerprint density at radius 2 is 2.10 bits per heavy atom. The summed E-state index contributed by atoms with van der Waals surface area (Å²) < 4.78 is 2.10. The molecule has 1 aliphatic carbocycles. The van der Waals surface area contributed by atoms with Crippen LogP contribution in [0.5, 0.6) is 0 Å². The van der Waals surface area contributed by atoms with Crippen LogP contribution in [-0.2, 0) is 19.3 Å². The van der Waals surface area contributed by atoms with Gasteiger partial charge in [0.15, 0.2) is 0 Å². The fourth-order valence-corrected chi connectivity index (χ4v) is 4.03. The Kier molecular flexibility index (Phi) is 3.98. The summed E-state index contributed by atoms with van der Waals surface area (Å²) in [5, 5.41) is 10.7. The van der Waals surface area contributed by atoms with Crippen molar-refractivity contribution in [3.05, 3.63) is 61.3 Å². The smallest absolute Gasteiger partial charge is 0.122 e. The third kappa shape index (κ3) is 2.34. The Morgan fingerprint density at radius 1 is 1.30 bits per heavy atom. The number of hydrogen-bond acceptors (Lipinski definition) is 2. The van der Waals surface area contributed by atoms with Gasteiger partial charge in [-0.25, -0.2) is 0 Å². The molecule has 0 radical (unpaired) electrons. The van der Waals surface area contributed by atoms with Gasteiger partial charge in [0, 0.05) is 15.1 Å². The maximum Gasteiger partial charge on any atom is 0.122 e. The molecule has 1 aromatic heterocycles. The van der Waals surface area contributed by atoms with Gasteiger partial charge in [0.1, 0.15) is 6.10 Å². The van der Waals surface area contributed by atoms with Crippen molar-refractivity contribution in [2.24, 2.45) is 0 Å². The van der Waals surface area contributed by atoms with Crippen LogP contribution >= 0.6 is 31.9 Å². The highest BCUT2D eigenvalue weighted by Gasteiger charge is 2.25. The van der Waals surface area contributed by atoms with E-state index in [1.807, 2.05) is 6.07 Å². The number of pyridine rings is 1. The molecule has 20 heavy (non-hydrogen) atoms.